The summed E-state index contributed by atoms with van der Waals surface area (Å²) in [6.45, 7) is 8.52. The number of ketones is 1. The summed E-state index contributed by atoms with van der Waals surface area (Å²) in [5.74, 6) is -0.613. The fourth-order valence-electron chi connectivity index (χ4n) is 4.48. The van der Waals surface area contributed by atoms with Gasteiger partial charge in [-0.3, -0.25) is 14.5 Å². The number of rotatable bonds is 9. The molecule has 7 nitrogen and oxygen atoms in total. The van der Waals surface area contributed by atoms with Gasteiger partial charge in [-0.25, -0.2) is 4.98 Å². The van der Waals surface area contributed by atoms with Crippen molar-refractivity contribution in [3.63, 3.8) is 0 Å². The van der Waals surface area contributed by atoms with Gasteiger partial charge in [0.05, 0.1) is 28.4 Å². The fourth-order valence-corrected chi connectivity index (χ4v) is 5.57. The van der Waals surface area contributed by atoms with Crippen LogP contribution in [-0.2, 0) is 9.59 Å². The number of Topliss-reactive ketones (excluding diaryl/α,β-unsaturated/α-hetero) is 1. The molecular formula is C31H28N2O5S. The second kappa shape index (κ2) is 11.1. The zero-order valence-corrected chi connectivity index (χ0v) is 22.5. The molecule has 0 aliphatic carbocycles. The molecule has 0 bridgehead atoms. The molecule has 198 valence electrons. The Hall–Kier alpha value is -4.43. The summed E-state index contributed by atoms with van der Waals surface area (Å²) in [6, 6.07) is 18.9. The van der Waals surface area contributed by atoms with Crippen molar-refractivity contribution in [1.29, 1.82) is 0 Å². The van der Waals surface area contributed by atoms with Crippen molar-refractivity contribution in [3.05, 3.63) is 102 Å². The molecule has 0 spiro atoms. The molecule has 1 aliphatic heterocycles. The maximum atomic E-state index is 13.5. The van der Waals surface area contributed by atoms with E-state index in [0.717, 1.165) is 22.2 Å². The normalized spacial score (nSPS) is 16.6. The van der Waals surface area contributed by atoms with Crippen molar-refractivity contribution in [3.8, 4) is 11.5 Å². The first kappa shape index (κ1) is 26.2. The van der Waals surface area contributed by atoms with Crippen molar-refractivity contribution in [2.75, 3.05) is 18.1 Å². The standard InChI is InChI=1S/C31H28N2O5S/c1-4-15-37-22-12-10-20(11-13-22)27-26(28(34)21-7-6-8-23(18-21)38-16-5-2)29(35)30(36)33(27)31-32-24-14-9-19(3)17-25(24)39-31/h4,6-14,17-18,27,34H,1,5,15-16H2,2-3H3. The molecule has 8 heteroatoms. The van der Waals surface area contributed by atoms with Crippen LogP contribution in [0.5, 0.6) is 11.5 Å². The second-order valence-corrected chi connectivity index (χ2v) is 10.2. The van der Waals surface area contributed by atoms with E-state index in [-0.39, 0.29) is 11.3 Å². The minimum absolute atomic E-state index is 0.0113. The van der Waals surface area contributed by atoms with Crippen LogP contribution in [0.1, 0.15) is 36.1 Å². The van der Waals surface area contributed by atoms with Crippen molar-refractivity contribution < 1.29 is 24.2 Å². The van der Waals surface area contributed by atoms with E-state index in [0.29, 0.717) is 41.0 Å². The number of anilines is 1. The third kappa shape index (κ3) is 5.15. The molecule has 1 fully saturated rings. The Kier molecular flexibility index (Phi) is 7.47. The van der Waals surface area contributed by atoms with Gasteiger partial charge in [-0.15, -0.1) is 0 Å². The van der Waals surface area contributed by atoms with Crippen molar-refractivity contribution in [2.45, 2.75) is 26.3 Å². The SMILES string of the molecule is C=CCOc1ccc(C2C(=C(O)c3cccc(OCCC)c3)C(=O)C(=O)N2c2nc3ccc(C)cc3s2)cc1. The predicted octanol–water partition coefficient (Wildman–Crippen LogP) is 6.58. The van der Waals surface area contributed by atoms with E-state index in [2.05, 4.69) is 11.6 Å². The molecule has 1 saturated heterocycles. The number of aromatic nitrogens is 1. The molecule has 0 radical (unpaired) electrons. The van der Waals surface area contributed by atoms with Crippen LogP contribution in [0.15, 0.2) is 85.0 Å². The second-order valence-electron chi connectivity index (χ2n) is 9.18. The summed E-state index contributed by atoms with van der Waals surface area (Å²) in [5, 5.41) is 11.9. The van der Waals surface area contributed by atoms with Crippen LogP contribution in [0.4, 0.5) is 5.13 Å². The summed E-state index contributed by atoms with van der Waals surface area (Å²) >= 11 is 1.33. The number of carbonyl (C=O) groups excluding carboxylic acids is 2. The Morgan fingerprint density at radius 2 is 1.87 bits per heavy atom. The molecule has 0 saturated carbocycles. The number of aliphatic hydroxyl groups excluding tert-OH is 1. The van der Waals surface area contributed by atoms with Gasteiger partial charge in [-0.2, -0.15) is 0 Å². The van der Waals surface area contributed by atoms with E-state index in [9.17, 15) is 14.7 Å². The summed E-state index contributed by atoms with van der Waals surface area (Å²) < 4.78 is 12.2. The van der Waals surface area contributed by atoms with Gasteiger partial charge in [0, 0.05) is 5.56 Å². The zero-order chi connectivity index (χ0) is 27.5. The molecule has 5 rings (SSSR count). The summed E-state index contributed by atoms with van der Waals surface area (Å²) in [4.78, 5) is 33.1. The average Bonchev–Trinajstić information content (AvgIpc) is 3.48. The number of hydrogen-bond donors (Lipinski definition) is 1. The highest BCUT2D eigenvalue weighted by Crippen LogP contribution is 2.44. The number of aryl methyl sites for hydroxylation is 1. The topological polar surface area (TPSA) is 89.0 Å². The number of fused-ring (bicyclic) bond motifs is 1. The largest absolute Gasteiger partial charge is 0.507 e. The summed E-state index contributed by atoms with van der Waals surface area (Å²) in [6.07, 6.45) is 2.48. The van der Waals surface area contributed by atoms with Gasteiger partial charge in [0.25, 0.3) is 5.78 Å². The quantitative estimate of drug-likeness (QED) is 0.112. The van der Waals surface area contributed by atoms with Crippen molar-refractivity contribution in [2.24, 2.45) is 0 Å². The molecular weight excluding hydrogens is 512 g/mol. The van der Waals surface area contributed by atoms with E-state index in [1.54, 1.807) is 54.6 Å². The number of thiazole rings is 1. The Morgan fingerprint density at radius 1 is 1.08 bits per heavy atom. The van der Waals surface area contributed by atoms with Crippen LogP contribution >= 0.6 is 11.3 Å². The summed E-state index contributed by atoms with van der Waals surface area (Å²) in [7, 11) is 0. The minimum atomic E-state index is -0.889. The molecule has 1 N–H and O–H groups in total. The number of nitrogens with zero attached hydrogens (tertiary/aromatic N) is 2. The van der Waals surface area contributed by atoms with Crippen molar-refractivity contribution >= 4 is 44.1 Å². The Morgan fingerprint density at radius 3 is 2.62 bits per heavy atom. The Bertz CT molecular complexity index is 1590. The lowest BCUT2D eigenvalue weighted by molar-refractivity contribution is -0.132. The highest BCUT2D eigenvalue weighted by atomic mass is 32.1. The third-order valence-corrected chi connectivity index (χ3v) is 7.34. The zero-order valence-electron chi connectivity index (χ0n) is 21.7. The van der Waals surface area contributed by atoms with E-state index in [4.69, 9.17) is 9.47 Å². The van der Waals surface area contributed by atoms with Gasteiger partial charge in [0.15, 0.2) is 5.13 Å². The van der Waals surface area contributed by atoms with Gasteiger partial charge in [0.2, 0.25) is 0 Å². The first-order valence-corrected chi connectivity index (χ1v) is 13.5. The number of ether oxygens (including phenoxy) is 2. The first-order chi connectivity index (χ1) is 18.9. The Balaban J connectivity index is 1.65. The molecule has 3 aromatic carbocycles. The highest BCUT2D eigenvalue weighted by Gasteiger charge is 2.48. The van der Waals surface area contributed by atoms with Crippen LogP contribution < -0.4 is 14.4 Å². The van der Waals surface area contributed by atoms with Gasteiger partial charge < -0.3 is 14.6 Å². The number of hydrogen-bond acceptors (Lipinski definition) is 7. The molecule has 1 unspecified atom stereocenters. The number of benzene rings is 3. The maximum Gasteiger partial charge on any atom is 0.301 e. The van der Waals surface area contributed by atoms with Crippen LogP contribution in [0, 0.1) is 6.92 Å². The van der Waals surface area contributed by atoms with E-state index in [1.165, 1.54) is 16.2 Å². The fraction of sp³-hybridized carbons (Fsp3) is 0.194. The number of aliphatic hydroxyl groups is 1. The van der Waals surface area contributed by atoms with Crippen LogP contribution in [0.3, 0.4) is 0 Å². The number of carbonyl (C=O) groups is 2. The molecule has 4 aromatic rings. The minimum Gasteiger partial charge on any atom is -0.507 e. The lowest BCUT2D eigenvalue weighted by atomic mass is 9.95. The van der Waals surface area contributed by atoms with Gasteiger partial charge in [0.1, 0.15) is 23.9 Å². The molecule has 1 aliphatic rings. The Labute approximate surface area is 230 Å². The molecule has 2 heterocycles. The monoisotopic (exact) mass is 540 g/mol. The average molecular weight is 541 g/mol. The molecule has 1 amide bonds. The number of amides is 1. The molecule has 1 atom stereocenters. The van der Waals surface area contributed by atoms with Gasteiger partial charge in [-0.1, -0.05) is 61.2 Å². The maximum absolute atomic E-state index is 13.5. The van der Waals surface area contributed by atoms with Crippen LogP contribution in [0.2, 0.25) is 0 Å². The van der Waals surface area contributed by atoms with E-state index in [1.807, 2.05) is 32.0 Å². The first-order valence-electron chi connectivity index (χ1n) is 12.7. The summed E-state index contributed by atoms with van der Waals surface area (Å²) in [5.41, 5.74) is 2.81. The highest BCUT2D eigenvalue weighted by molar-refractivity contribution is 7.22. The van der Waals surface area contributed by atoms with E-state index >= 15 is 0 Å². The predicted molar refractivity (Wildman–Crippen MR) is 154 cm³/mol. The third-order valence-electron chi connectivity index (χ3n) is 6.33. The van der Waals surface area contributed by atoms with Gasteiger partial charge in [-0.05, 0) is 60.9 Å². The lowest BCUT2D eigenvalue weighted by Crippen LogP contribution is -2.29. The van der Waals surface area contributed by atoms with Crippen molar-refractivity contribution in [1.82, 2.24) is 4.98 Å². The van der Waals surface area contributed by atoms with Gasteiger partial charge >= 0.3 is 5.91 Å². The lowest BCUT2D eigenvalue weighted by Gasteiger charge is -2.23. The van der Waals surface area contributed by atoms with E-state index < -0.39 is 17.7 Å². The smallest absolute Gasteiger partial charge is 0.301 e. The van der Waals surface area contributed by atoms with Crippen LogP contribution in [-0.4, -0.2) is 35.0 Å². The molecule has 1 aromatic heterocycles. The van der Waals surface area contributed by atoms with Crippen LogP contribution in [0.25, 0.3) is 16.0 Å². The molecule has 39 heavy (non-hydrogen) atoms.